The minimum Gasteiger partial charge on any atom is -0.468 e. The molecule has 0 radical (unpaired) electrons. The zero-order valence-electron chi connectivity index (χ0n) is 14.1. The predicted octanol–water partition coefficient (Wildman–Crippen LogP) is 1.24. The Labute approximate surface area is 127 Å². The molecular formula is C15H30N2O4. The van der Waals surface area contributed by atoms with Crippen molar-refractivity contribution in [1.82, 2.24) is 10.6 Å². The molecule has 3 unspecified atom stereocenters. The molecule has 0 saturated heterocycles. The van der Waals surface area contributed by atoms with Crippen LogP contribution in [0.5, 0.6) is 0 Å². The summed E-state index contributed by atoms with van der Waals surface area (Å²) >= 11 is 0. The SMILES string of the molecule is CCNC(C)C(=O)OC(C)CCC(C)N[C@@H](C)C(=O)OC. The maximum absolute atomic E-state index is 11.7. The second kappa shape index (κ2) is 10.6. The van der Waals surface area contributed by atoms with E-state index in [1.807, 2.05) is 20.8 Å². The van der Waals surface area contributed by atoms with Crippen molar-refractivity contribution >= 4 is 11.9 Å². The molecule has 6 nitrogen and oxygen atoms in total. The van der Waals surface area contributed by atoms with Gasteiger partial charge in [-0.15, -0.1) is 0 Å². The molecule has 0 amide bonds. The number of ether oxygens (including phenoxy) is 2. The standard InChI is InChI=1S/C15H30N2O4/c1-7-16-12(4)15(19)21-11(3)9-8-10(2)17-13(5)14(18)20-6/h10-13,16-17H,7-9H2,1-6H3/t10?,11?,12?,13-/m0/s1. The topological polar surface area (TPSA) is 76.7 Å². The highest BCUT2D eigenvalue weighted by atomic mass is 16.5. The predicted molar refractivity (Wildman–Crippen MR) is 82.0 cm³/mol. The summed E-state index contributed by atoms with van der Waals surface area (Å²) in [5, 5.41) is 6.18. The van der Waals surface area contributed by atoms with E-state index in [1.54, 1.807) is 13.8 Å². The third-order valence-electron chi connectivity index (χ3n) is 3.28. The molecule has 0 rings (SSSR count). The van der Waals surface area contributed by atoms with Gasteiger partial charge in [0.05, 0.1) is 13.2 Å². The third-order valence-corrected chi connectivity index (χ3v) is 3.28. The largest absolute Gasteiger partial charge is 0.468 e. The molecule has 0 heterocycles. The second-order valence-electron chi connectivity index (χ2n) is 5.42. The summed E-state index contributed by atoms with van der Waals surface area (Å²) in [5.74, 6) is -0.506. The van der Waals surface area contributed by atoms with Crippen molar-refractivity contribution in [3.63, 3.8) is 0 Å². The number of methoxy groups -OCH3 is 1. The number of hydrogen-bond donors (Lipinski definition) is 2. The Morgan fingerprint density at radius 1 is 1.00 bits per heavy atom. The van der Waals surface area contributed by atoms with Crippen LogP contribution in [0.25, 0.3) is 0 Å². The van der Waals surface area contributed by atoms with Gasteiger partial charge in [-0.05, 0) is 47.1 Å². The molecule has 0 aromatic carbocycles. The van der Waals surface area contributed by atoms with Crippen LogP contribution < -0.4 is 10.6 Å². The van der Waals surface area contributed by atoms with E-state index >= 15 is 0 Å². The first-order chi connectivity index (χ1) is 9.81. The van der Waals surface area contributed by atoms with Crippen LogP contribution in [0, 0.1) is 0 Å². The lowest BCUT2D eigenvalue weighted by Crippen LogP contribution is -2.41. The molecule has 0 aromatic rings. The summed E-state index contributed by atoms with van der Waals surface area (Å²) in [6, 6.07) is -0.476. The number of carbonyl (C=O) groups is 2. The smallest absolute Gasteiger partial charge is 0.323 e. The molecule has 124 valence electrons. The van der Waals surface area contributed by atoms with Crippen molar-refractivity contribution < 1.29 is 19.1 Å². The molecule has 4 atom stereocenters. The fourth-order valence-electron chi connectivity index (χ4n) is 1.99. The number of nitrogens with one attached hydrogen (secondary N) is 2. The van der Waals surface area contributed by atoms with Crippen molar-refractivity contribution in [2.75, 3.05) is 13.7 Å². The Kier molecular flexibility index (Phi) is 9.99. The summed E-state index contributed by atoms with van der Waals surface area (Å²) in [4.78, 5) is 23.0. The van der Waals surface area contributed by atoms with Gasteiger partial charge < -0.3 is 20.1 Å². The molecule has 0 bridgehead atoms. The minimum absolute atomic E-state index is 0.142. The van der Waals surface area contributed by atoms with Crippen LogP contribution in [0.4, 0.5) is 0 Å². The molecule has 0 spiro atoms. The Balaban J connectivity index is 3.99. The Hall–Kier alpha value is -1.14. The van der Waals surface area contributed by atoms with Crippen LogP contribution in [-0.4, -0.2) is 49.8 Å². The second-order valence-corrected chi connectivity index (χ2v) is 5.42. The Morgan fingerprint density at radius 3 is 2.14 bits per heavy atom. The van der Waals surface area contributed by atoms with E-state index in [4.69, 9.17) is 4.74 Å². The summed E-state index contributed by atoms with van der Waals surface area (Å²) in [7, 11) is 1.37. The number of hydrogen-bond acceptors (Lipinski definition) is 6. The van der Waals surface area contributed by atoms with Gasteiger partial charge in [0.1, 0.15) is 12.1 Å². The molecule has 6 heteroatoms. The van der Waals surface area contributed by atoms with Crippen LogP contribution >= 0.6 is 0 Å². The average molecular weight is 302 g/mol. The van der Waals surface area contributed by atoms with Crippen molar-refractivity contribution in [3.8, 4) is 0 Å². The lowest BCUT2D eigenvalue weighted by atomic mass is 10.1. The van der Waals surface area contributed by atoms with Gasteiger partial charge in [-0.3, -0.25) is 9.59 Å². The summed E-state index contributed by atoms with van der Waals surface area (Å²) in [5.41, 5.74) is 0. The van der Waals surface area contributed by atoms with Gasteiger partial charge in [-0.25, -0.2) is 0 Å². The zero-order chi connectivity index (χ0) is 16.4. The van der Waals surface area contributed by atoms with E-state index in [0.717, 1.165) is 19.4 Å². The van der Waals surface area contributed by atoms with E-state index in [9.17, 15) is 9.59 Å². The van der Waals surface area contributed by atoms with Gasteiger partial charge in [0.25, 0.3) is 0 Å². The lowest BCUT2D eigenvalue weighted by molar-refractivity contribution is -0.150. The molecule has 2 N–H and O–H groups in total. The molecule has 0 saturated carbocycles. The third kappa shape index (κ3) is 8.67. The number of esters is 2. The lowest BCUT2D eigenvalue weighted by Gasteiger charge is -2.21. The number of rotatable bonds is 10. The molecule has 0 aromatic heterocycles. The van der Waals surface area contributed by atoms with E-state index in [-0.39, 0.29) is 36.2 Å². The van der Waals surface area contributed by atoms with Crippen molar-refractivity contribution in [3.05, 3.63) is 0 Å². The first-order valence-electron chi connectivity index (χ1n) is 7.59. The number of likely N-dealkylation sites (N-methyl/N-ethyl adjacent to an activating group) is 1. The van der Waals surface area contributed by atoms with E-state index < -0.39 is 0 Å². The Bertz CT molecular complexity index is 323. The Morgan fingerprint density at radius 2 is 1.62 bits per heavy atom. The van der Waals surface area contributed by atoms with E-state index in [0.29, 0.717) is 0 Å². The average Bonchev–Trinajstić information content (AvgIpc) is 2.44. The van der Waals surface area contributed by atoms with E-state index in [2.05, 4.69) is 15.4 Å². The van der Waals surface area contributed by atoms with Crippen LogP contribution in [0.15, 0.2) is 0 Å². The fourth-order valence-corrected chi connectivity index (χ4v) is 1.99. The number of carbonyl (C=O) groups excluding carboxylic acids is 2. The van der Waals surface area contributed by atoms with Gasteiger partial charge in [0.15, 0.2) is 0 Å². The van der Waals surface area contributed by atoms with E-state index in [1.165, 1.54) is 7.11 Å². The monoisotopic (exact) mass is 302 g/mol. The summed E-state index contributed by atoms with van der Waals surface area (Å²) in [6.45, 7) is 10.1. The first kappa shape index (κ1) is 19.9. The van der Waals surface area contributed by atoms with Gasteiger partial charge in [-0.1, -0.05) is 6.92 Å². The highest BCUT2D eigenvalue weighted by molar-refractivity contribution is 5.75. The molecule has 0 fully saturated rings. The maximum Gasteiger partial charge on any atom is 0.323 e. The van der Waals surface area contributed by atoms with Gasteiger partial charge in [0, 0.05) is 6.04 Å². The molecule has 0 aliphatic heterocycles. The van der Waals surface area contributed by atoms with Crippen molar-refractivity contribution in [2.24, 2.45) is 0 Å². The van der Waals surface area contributed by atoms with Crippen molar-refractivity contribution in [1.29, 1.82) is 0 Å². The van der Waals surface area contributed by atoms with Crippen LogP contribution in [0.1, 0.15) is 47.5 Å². The first-order valence-corrected chi connectivity index (χ1v) is 7.59. The van der Waals surface area contributed by atoms with Gasteiger partial charge >= 0.3 is 11.9 Å². The van der Waals surface area contributed by atoms with Gasteiger partial charge in [-0.2, -0.15) is 0 Å². The fraction of sp³-hybridized carbons (Fsp3) is 0.867. The highest BCUT2D eigenvalue weighted by Crippen LogP contribution is 2.07. The van der Waals surface area contributed by atoms with Crippen LogP contribution in [-0.2, 0) is 19.1 Å². The van der Waals surface area contributed by atoms with Crippen molar-refractivity contribution in [2.45, 2.75) is 71.7 Å². The van der Waals surface area contributed by atoms with Gasteiger partial charge in [0.2, 0.25) is 0 Å². The minimum atomic E-state index is -0.336. The molecule has 21 heavy (non-hydrogen) atoms. The summed E-state index contributed by atoms with van der Waals surface area (Å²) in [6.07, 6.45) is 1.41. The summed E-state index contributed by atoms with van der Waals surface area (Å²) < 4.78 is 10.0. The molecule has 0 aliphatic rings. The quantitative estimate of drug-likeness (QED) is 0.591. The van der Waals surface area contributed by atoms with Crippen LogP contribution in [0.2, 0.25) is 0 Å². The zero-order valence-corrected chi connectivity index (χ0v) is 14.1. The molecule has 0 aliphatic carbocycles. The highest BCUT2D eigenvalue weighted by Gasteiger charge is 2.18. The van der Waals surface area contributed by atoms with Crippen LogP contribution in [0.3, 0.4) is 0 Å². The maximum atomic E-state index is 11.7. The molecular weight excluding hydrogens is 272 g/mol. The normalized spacial score (nSPS) is 16.7.